The van der Waals surface area contributed by atoms with Gasteiger partial charge in [0.25, 0.3) is 10.1 Å². The molecule has 1 radical (unpaired) electrons. The van der Waals surface area contributed by atoms with Crippen molar-refractivity contribution in [3.63, 3.8) is 0 Å². The molecule has 4 nitrogen and oxygen atoms in total. The Labute approximate surface area is 66.7 Å². The molecule has 0 N–H and O–H groups in total. The summed E-state index contributed by atoms with van der Waals surface area (Å²) < 4.78 is 26.2. The first-order chi connectivity index (χ1) is 5.08. The molecule has 0 fully saturated rings. The van der Waals surface area contributed by atoms with Crippen LogP contribution in [0.5, 0.6) is 0 Å². The molecule has 65 valence electrons. The first-order valence-corrected chi connectivity index (χ1v) is 4.81. The van der Waals surface area contributed by atoms with Gasteiger partial charge in [-0.25, -0.2) is 0 Å². The quantitative estimate of drug-likeness (QED) is 0.567. The van der Waals surface area contributed by atoms with Crippen LogP contribution in [0.15, 0.2) is 0 Å². The number of rotatable bonds is 5. The van der Waals surface area contributed by atoms with E-state index in [1.807, 2.05) is 0 Å². The molecular weight excluding hydrogens is 168 g/mol. The monoisotopic (exact) mass is 179 g/mol. The van der Waals surface area contributed by atoms with Crippen LogP contribution in [0, 0.1) is 0 Å². The van der Waals surface area contributed by atoms with E-state index >= 15 is 0 Å². The van der Waals surface area contributed by atoms with E-state index < -0.39 is 15.4 Å². The van der Waals surface area contributed by atoms with Crippen molar-refractivity contribution in [1.82, 2.24) is 0 Å². The second-order valence-corrected chi connectivity index (χ2v) is 3.70. The molecule has 1 unspecified atom stereocenters. The normalized spacial score (nSPS) is 14.4. The van der Waals surface area contributed by atoms with Gasteiger partial charge in [-0.05, 0) is 13.3 Å². The smallest absolute Gasteiger partial charge is 0.277 e. The third kappa shape index (κ3) is 2.98. The summed E-state index contributed by atoms with van der Waals surface area (Å²) >= 11 is 0. The highest BCUT2D eigenvalue weighted by atomic mass is 32.2. The minimum atomic E-state index is -3.70. The molecule has 0 aromatic heterocycles. The lowest BCUT2D eigenvalue weighted by atomic mass is 10.4. The molecule has 5 heteroatoms. The molecule has 0 aromatic carbocycles. The lowest BCUT2D eigenvalue weighted by molar-refractivity contribution is 0.334. The van der Waals surface area contributed by atoms with E-state index in [0.29, 0.717) is 0 Å². The predicted octanol–water partition coefficient (Wildman–Crippen LogP) is 0.241. The molecule has 0 amide bonds. The van der Waals surface area contributed by atoms with Gasteiger partial charge in [0.2, 0.25) is 6.29 Å². The van der Waals surface area contributed by atoms with Crippen LogP contribution >= 0.6 is 0 Å². The van der Waals surface area contributed by atoms with Crippen molar-refractivity contribution in [2.75, 3.05) is 6.61 Å². The summed E-state index contributed by atoms with van der Waals surface area (Å²) in [5, 5.41) is -1.14. The molecule has 0 aromatic rings. The van der Waals surface area contributed by atoms with Gasteiger partial charge in [-0.15, -0.1) is 0 Å². The van der Waals surface area contributed by atoms with Crippen molar-refractivity contribution in [3.8, 4) is 0 Å². The van der Waals surface area contributed by atoms with Crippen LogP contribution in [0.2, 0.25) is 0 Å². The zero-order chi connectivity index (χ0) is 8.91. The largest absolute Gasteiger partial charge is 0.289 e. The summed E-state index contributed by atoms with van der Waals surface area (Å²) in [6.45, 7) is 3.20. The fourth-order valence-corrected chi connectivity index (χ4v) is 1.61. The standard InChI is InChI=1S/C6H11O4S/c1-3-6(5-7)11(8,9)10-4-2/h6H,3-4H2,1-2H3. The van der Waals surface area contributed by atoms with E-state index in [9.17, 15) is 13.2 Å². The Hall–Kier alpha value is -0.420. The molecule has 0 aliphatic carbocycles. The molecule has 0 rings (SSSR count). The minimum absolute atomic E-state index is 0.0561. The summed E-state index contributed by atoms with van der Waals surface area (Å²) in [6.07, 6.45) is 1.61. The van der Waals surface area contributed by atoms with Gasteiger partial charge in [-0.3, -0.25) is 8.98 Å². The first kappa shape index (κ1) is 10.6. The zero-order valence-corrected chi connectivity index (χ0v) is 7.35. The van der Waals surface area contributed by atoms with Crippen molar-refractivity contribution in [1.29, 1.82) is 0 Å². The highest BCUT2D eigenvalue weighted by Gasteiger charge is 2.24. The molecule has 0 saturated carbocycles. The summed E-state index contributed by atoms with van der Waals surface area (Å²) in [4.78, 5) is 10.1. The van der Waals surface area contributed by atoms with Crippen LogP contribution in [0.3, 0.4) is 0 Å². The fraction of sp³-hybridized carbons (Fsp3) is 0.833. The van der Waals surface area contributed by atoms with Gasteiger partial charge in [0, 0.05) is 0 Å². The number of hydrogen-bond donors (Lipinski definition) is 0. The Balaban J connectivity index is 4.38. The summed E-state index contributed by atoms with van der Waals surface area (Å²) in [7, 11) is -3.70. The van der Waals surface area contributed by atoms with Crippen molar-refractivity contribution < 1.29 is 17.4 Å². The molecular formula is C6H11O4S. The van der Waals surface area contributed by atoms with E-state index in [4.69, 9.17) is 0 Å². The lowest BCUT2D eigenvalue weighted by Gasteiger charge is -2.06. The summed E-state index contributed by atoms with van der Waals surface area (Å²) in [5.41, 5.74) is 0. The Morgan fingerprint density at radius 2 is 2.00 bits per heavy atom. The van der Waals surface area contributed by atoms with E-state index in [2.05, 4.69) is 4.18 Å². The molecule has 0 heterocycles. The molecule has 0 bridgehead atoms. The minimum Gasteiger partial charge on any atom is -0.289 e. The summed E-state index contributed by atoms with van der Waals surface area (Å²) in [5.74, 6) is 0. The highest BCUT2D eigenvalue weighted by Crippen LogP contribution is 2.05. The maximum Gasteiger partial charge on any atom is 0.277 e. The Morgan fingerprint density at radius 3 is 2.27 bits per heavy atom. The second kappa shape index (κ2) is 4.46. The van der Waals surface area contributed by atoms with Gasteiger partial charge in [-0.1, -0.05) is 6.92 Å². The SMILES string of the molecule is CCOS(=O)(=O)C([C]=O)CC. The van der Waals surface area contributed by atoms with Crippen LogP contribution in [0.1, 0.15) is 20.3 Å². The van der Waals surface area contributed by atoms with Gasteiger partial charge in [0.05, 0.1) is 6.61 Å². The van der Waals surface area contributed by atoms with Crippen molar-refractivity contribution >= 4 is 16.4 Å². The maximum absolute atomic E-state index is 10.9. The average Bonchev–Trinajstić information content (AvgIpc) is 1.89. The molecule has 0 aliphatic heterocycles. The molecule has 0 saturated heterocycles. The molecule has 0 aliphatic rings. The Morgan fingerprint density at radius 1 is 1.45 bits per heavy atom. The van der Waals surface area contributed by atoms with Gasteiger partial charge in [0.1, 0.15) is 0 Å². The average molecular weight is 179 g/mol. The van der Waals surface area contributed by atoms with E-state index in [1.54, 1.807) is 13.8 Å². The van der Waals surface area contributed by atoms with Gasteiger partial charge in [-0.2, -0.15) is 8.42 Å². The van der Waals surface area contributed by atoms with Gasteiger partial charge >= 0.3 is 0 Å². The van der Waals surface area contributed by atoms with Gasteiger partial charge in [0.15, 0.2) is 5.25 Å². The topological polar surface area (TPSA) is 60.4 Å². The zero-order valence-electron chi connectivity index (χ0n) is 6.53. The molecule has 0 spiro atoms. The second-order valence-electron chi connectivity index (χ2n) is 1.91. The van der Waals surface area contributed by atoms with Crippen molar-refractivity contribution in [2.24, 2.45) is 0 Å². The predicted molar refractivity (Wildman–Crippen MR) is 40.3 cm³/mol. The third-order valence-corrected chi connectivity index (χ3v) is 2.82. The van der Waals surface area contributed by atoms with Gasteiger partial charge < -0.3 is 0 Å². The van der Waals surface area contributed by atoms with Crippen molar-refractivity contribution in [2.45, 2.75) is 25.5 Å². The first-order valence-electron chi connectivity index (χ1n) is 3.34. The van der Waals surface area contributed by atoms with E-state index in [1.165, 1.54) is 6.29 Å². The van der Waals surface area contributed by atoms with Crippen LogP contribution in [-0.2, 0) is 19.1 Å². The molecule has 1 atom stereocenters. The van der Waals surface area contributed by atoms with Crippen LogP contribution < -0.4 is 0 Å². The van der Waals surface area contributed by atoms with Crippen molar-refractivity contribution in [3.05, 3.63) is 0 Å². The van der Waals surface area contributed by atoms with Crippen LogP contribution in [-0.4, -0.2) is 26.6 Å². The molecule has 11 heavy (non-hydrogen) atoms. The van der Waals surface area contributed by atoms with Crippen LogP contribution in [0.25, 0.3) is 0 Å². The Bertz CT molecular complexity index is 207. The fourth-order valence-electron chi connectivity index (χ4n) is 0.593. The van der Waals surface area contributed by atoms with E-state index in [0.717, 1.165) is 0 Å². The van der Waals surface area contributed by atoms with Crippen LogP contribution in [0.4, 0.5) is 0 Å². The number of hydrogen-bond acceptors (Lipinski definition) is 4. The summed E-state index contributed by atoms with van der Waals surface area (Å²) in [6, 6.07) is 0. The maximum atomic E-state index is 10.9. The third-order valence-electron chi connectivity index (χ3n) is 1.13. The lowest BCUT2D eigenvalue weighted by Crippen LogP contribution is -2.24. The highest BCUT2D eigenvalue weighted by molar-refractivity contribution is 7.88. The van der Waals surface area contributed by atoms with E-state index in [-0.39, 0.29) is 13.0 Å². The number of carbonyl (C=O) groups excluding carboxylic acids is 1. The Kier molecular flexibility index (Phi) is 4.29.